The molecule has 2 heterocycles. The van der Waals surface area contributed by atoms with Crippen LogP contribution in [0.25, 0.3) is 5.65 Å². The van der Waals surface area contributed by atoms with Gasteiger partial charge >= 0.3 is 32.7 Å². The van der Waals surface area contributed by atoms with Gasteiger partial charge in [0.25, 0.3) is 0 Å². The Morgan fingerprint density at radius 3 is 2.38 bits per heavy atom. The molecule has 2 rings (SSSR count). The van der Waals surface area contributed by atoms with Gasteiger partial charge in [-0.3, -0.25) is 0 Å². The topological polar surface area (TPSA) is 30.2 Å². The molecule has 0 atom stereocenters. The monoisotopic (exact) mass is 251 g/mol. The molecule has 13 heavy (non-hydrogen) atoms. The first kappa shape index (κ1) is 10.9. The van der Waals surface area contributed by atoms with Crippen molar-refractivity contribution in [2.45, 2.75) is 27.7 Å². The smallest absolute Gasteiger partial charge is 0.314 e. The normalized spacial score (nSPS) is 10.5. The largest absolute Gasteiger partial charge is 3.00 e. The summed E-state index contributed by atoms with van der Waals surface area (Å²) in [5.41, 5.74) is 4.74. The van der Waals surface area contributed by atoms with Gasteiger partial charge in [-0.2, -0.15) is 16.2 Å². The Kier molecular flexibility index (Phi) is 2.98. The van der Waals surface area contributed by atoms with E-state index in [0.717, 1.165) is 11.5 Å². The summed E-state index contributed by atoms with van der Waals surface area (Å²) in [4.78, 5) is 4.35. The predicted molar refractivity (Wildman–Crippen MR) is 47.5 cm³/mol. The van der Waals surface area contributed by atoms with Crippen molar-refractivity contribution in [2.24, 2.45) is 0 Å². The van der Waals surface area contributed by atoms with Crippen LogP contribution in [0.5, 0.6) is 0 Å². The van der Waals surface area contributed by atoms with Crippen LogP contribution in [0.1, 0.15) is 22.6 Å². The summed E-state index contributed by atoms with van der Waals surface area (Å²) in [5, 5.41) is 4.30. The molecular formula is C9H12N3Y+2. The second-order valence-corrected chi connectivity index (χ2v) is 3.23. The summed E-state index contributed by atoms with van der Waals surface area (Å²) in [6.07, 6.45) is 0. The second kappa shape index (κ2) is 3.54. The van der Waals surface area contributed by atoms with Crippen LogP contribution in [0.4, 0.5) is 0 Å². The van der Waals surface area contributed by atoms with Gasteiger partial charge in [0.15, 0.2) is 0 Å². The van der Waals surface area contributed by atoms with Crippen molar-refractivity contribution in [3.8, 4) is 0 Å². The molecule has 0 saturated heterocycles. The third-order valence-corrected chi connectivity index (χ3v) is 2.47. The Bertz CT molecular complexity index is 402. The Hall–Kier alpha value is -0.146. The fourth-order valence-corrected chi connectivity index (χ4v) is 1.49. The maximum absolute atomic E-state index is 4.35. The third-order valence-electron chi connectivity index (χ3n) is 2.47. The molecule has 0 radical (unpaired) electrons. The van der Waals surface area contributed by atoms with E-state index in [2.05, 4.69) is 30.9 Å². The number of nitrogens with zero attached hydrogens (tertiary/aromatic N) is 3. The molecular weight excluding hydrogens is 239 g/mol. The molecule has 0 saturated carbocycles. The van der Waals surface area contributed by atoms with E-state index in [9.17, 15) is 0 Å². The van der Waals surface area contributed by atoms with Crippen LogP contribution in [0.15, 0.2) is 0 Å². The van der Waals surface area contributed by atoms with Gasteiger partial charge in [0.2, 0.25) is 0 Å². The number of rotatable bonds is 0. The first-order chi connectivity index (χ1) is 5.61. The van der Waals surface area contributed by atoms with Gasteiger partial charge in [-0.1, -0.05) is 13.8 Å². The van der Waals surface area contributed by atoms with Crippen LogP contribution in [-0.2, 0) is 32.7 Å². The van der Waals surface area contributed by atoms with Gasteiger partial charge < -0.3 is 4.52 Å². The van der Waals surface area contributed by atoms with Crippen molar-refractivity contribution in [1.29, 1.82) is 0 Å². The molecule has 0 aliphatic heterocycles. The van der Waals surface area contributed by atoms with Crippen molar-refractivity contribution < 1.29 is 32.7 Å². The fourth-order valence-electron chi connectivity index (χ4n) is 1.49. The average molecular weight is 251 g/mol. The van der Waals surface area contributed by atoms with E-state index < -0.39 is 0 Å². The van der Waals surface area contributed by atoms with Crippen LogP contribution in [0.3, 0.4) is 0 Å². The second-order valence-electron chi connectivity index (χ2n) is 3.23. The summed E-state index contributed by atoms with van der Waals surface area (Å²) in [7, 11) is 0. The molecule has 2 aromatic rings. The van der Waals surface area contributed by atoms with Crippen molar-refractivity contribution in [3.63, 3.8) is 0 Å². The first-order valence-corrected chi connectivity index (χ1v) is 4.07. The summed E-state index contributed by atoms with van der Waals surface area (Å²) >= 11 is 0. The van der Waals surface area contributed by atoms with E-state index >= 15 is 0 Å². The van der Waals surface area contributed by atoms with Crippen LogP contribution < -0.4 is 0 Å². The predicted octanol–water partition coefficient (Wildman–Crippen LogP) is 1.68. The molecule has 0 N–H and O–H groups in total. The quantitative estimate of drug-likeness (QED) is 0.667. The van der Waals surface area contributed by atoms with Crippen LogP contribution in [0.2, 0.25) is 0 Å². The number of aromatic nitrogens is 3. The minimum atomic E-state index is 0. The Morgan fingerprint density at radius 1 is 1.23 bits per heavy atom. The zero-order chi connectivity index (χ0) is 8.88. The summed E-state index contributed by atoms with van der Waals surface area (Å²) in [5.74, 6) is 0.844. The van der Waals surface area contributed by atoms with Gasteiger partial charge in [-0.05, 0) is 6.92 Å². The molecule has 0 unspecified atom stereocenters. The van der Waals surface area contributed by atoms with Gasteiger partial charge in [0.05, 0.1) is 5.65 Å². The summed E-state index contributed by atoms with van der Waals surface area (Å²) < 4.78 is 1.92. The molecule has 0 amide bonds. The number of hydrogen-bond acceptors (Lipinski definition) is 2. The van der Waals surface area contributed by atoms with Crippen molar-refractivity contribution in [2.75, 3.05) is 0 Å². The Labute approximate surface area is 103 Å². The van der Waals surface area contributed by atoms with Gasteiger partial charge in [0, 0.05) is 0 Å². The molecule has 64 valence electrons. The van der Waals surface area contributed by atoms with E-state index in [1.807, 2.05) is 11.4 Å². The number of fused-ring (bicyclic) bond motifs is 1. The van der Waals surface area contributed by atoms with Crippen molar-refractivity contribution >= 4 is 5.65 Å². The standard InChI is InChI=1S/C9H12N3.Y/c1-5-6(2)9-10-8(4)11-12(9)7(5)3;/h1-4H3;/q-1;+3. The Balaban J connectivity index is 0.000000845. The Morgan fingerprint density at radius 2 is 1.85 bits per heavy atom. The molecule has 0 spiro atoms. The minimum Gasteiger partial charge on any atom is -0.314 e. The molecule has 0 aliphatic rings. The SMILES string of the molecule is Cc1nc2[c-](C)c(C)c(C)n2n1.[Y+3]. The van der Waals surface area contributed by atoms with E-state index in [1.165, 1.54) is 16.8 Å². The van der Waals surface area contributed by atoms with Gasteiger partial charge in [-0.25, -0.2) is 4.98 Å². The molecule has 2 aromatic heterocycles. The molecule has 4 heteroatoms. The van der Waals surface area contributed by atoms with E-state index in [4.69, 9.17) is 0 Å². The van der Waals surface area contributed by atoms with Crippen molar-refractivity contribution in [3.05, 3.63) is 22.6 Å². The summed E-state index contributed by atoms with van der Waals surface area (Å²) in [6, 6.07) is 0. The van der Waals surface area contributed by atoms with Crippen molar-refractivity contribution in [1.82, 2.24) is 14.6 Å². The maximum atomic E-state index is 4.35. The number of aryl methyl sites for hydroxylation is 3. The van der Waals surface area contributed by atoms with Gasteiger partial charge in [-0.15, -0.1) is 12.6 Å². The van der Waals surface area contributed by atoms with E-state index in [1.54, 1.807) is 0 Å². The zero-order valence-corrected chi connectivity index (χ0v) is 11.3. The molecule has 0 aromatic carbocycles. The van der Waals surface area contributed by atoms with Crippen LogP contribution in [-0.4, -0.2) is 14.6 Å². The molecule has 0 aliphatic carbocycles. The molecule has 3 nitrogen and oxygen atoms in total. The van der Waals surface area contributed by atoms with Gasteiger partial charge in [0.1, 0.15) is 5.82 Å². The van der Waals surface area contributed by atoms with Crippen LogP contribution in [0, 0.1) is 27.7 Å². The fraction of sp³-hybridized carbons (Fsp3) is 0.444. The molecule has 0 bridgehead atoms. The molecule has 0 fully saturated rings. The average Bonchev–Trinajstić information content (AvgIpc) is 2.49. The van der Waals surface area contributed by atoms with Crippen LogP contribution >= 0.6 is 0 Å². The maximum Gasteiger partial charge on any atom is 3.00 e. The third kappa shape index (κ3) is 1.48. The van der Waals surface area contributed by atoms with E-state index in [-0.39, 0.29) is 32.7 Å². The minimum absolute atomic E-state index is 0. The first-order valence-electron chi connectivity index (χ1n) is 4.07. The van der Waals surface area contributed by atoms with E-state index in [0.29, 0.717) is 0 Å². The number of hydrogen-bond donors (Lipinski definition) is 0. The summed E-state index contributed by atoms with van der Waals surface area (Å²) in [6.45, 7) is 8.19. The zero-order valence-electron chi connectivity index (χ0n) is 8.42.